The highest BCUT2D eigenvalue weighted by Gasteiger charge is 2.18. The van der Waals surface area contributed by atoms with Gasteiger partial charge in [-0.3, -0.25) is 0 Å². The van der Waals surface area contributed by atoms with Gasteiger partial charge < -0.3 is 14.6 Å². The van der Waals surface area contributed by atoms with Crippen molar-refractivity contribution >= 4 is 50.6 Å². The molecule has 2 heterocycles. The summed E-state index contributed by atoms with van der Waals surface area (Å²) in [5.41, 5.74) is 9.98. The van der Waals surface area contributed by atoms with Gasteiger partial charge >= 0.3 is 0 Å². The van der Waals surface area contributed by atoms with E-state index >= 15 is 0 Å². The molecule has 0 amide bonds. The highest BCUT2D eigenvalue weighted by molar-refractivity contribution is 5.99. The number of rotatable bonds is 5. The Labute approximate surface area is 245 Å². The van der Waals surface area contributed by atoms with E-state index in [0.29, 0.717) is 0 Å². The lowest BCUT2D eigenvalue weighted by Crippen LogP contribution is -2.09. The highest BCUT2D eigenvalue weighted by atomic mass is 16.3. The van der Waals surface area contributed by atoms with Gasteiger partial charge in [-0.15, -0.1) is 0 Å². The number of furan rings is 1. The van der Waals surface area contributed by atoms with Crippen molar-refractivity contribution in [3.63, 3.8) is 0 Å². The number of anilines is 4. The number of nitrogens with zero attached hydrogens (tertiary/aromatic N) is 1. The van der Waals surface area contributed by atoms with Crippen molar-refractivity contribution in [3.05, 3.63) is 151 Å². The minimum Gasteiger partial charge on any atom is -0.454 e. The minimum absolute atomic E-state index is 0.812. The molecule has 3 heteroatoms. The molecule has 8 rings (SSSR count). The first kappa shape index (κ1) is 24.3. The van der Waals surface area contributed by atoms with Crippen LogP contribution in [-0.2, 0) is 0 Å². The summed E-state index contributed by atoms with van der Waals surface area (Å²) >= 11 is 0. The molecule has 3 nitrogen and oxygen atoms in total. The molecule has 0 saturated heterocycles. The van der Waals surface area contributed by atoms with Crippen molar-refractivity contribution in [1.29, 1.82) is 0 Å². The van der Waals surface area contributed by atoms with E-state index in [4.69, 9.17) is 4.42 Å². The van der Waals surface area contributed by atoms with Crippen LogP contribution < -0.4 is 10.2 Å². The highest BCUT2D eigenvalue weighted by Crippen LogP contribution is 2.41. The summed E-state index contributed by atoms with van der Waals surface area (Å²) in [5.74, 6) is 0.881. The van der Waals surface area contributed by atoms with E-state index < -0.39 is 0 Å². The molecule has 1 aromatic heterocycles. The summed E-state index contributed by atoms with van der Waals surface area (Å²) in [6.45, 7) is 0.812. The number of nitrogens with one attached hydrogen (secondary N) is 1. The fraction of sp³-hybridized carbons (Fsp3) is 0.0256. The van der Waals surface area contributed by atoms with Crippen LogP contribution in [0.4, 0.5) is 22.7 Å². The molecule has 1 aliphatic heterocycles. The zero-order chi connectivity index (χ0) is 27.9. The van der Waals surface area contributed by atoms with Crippen LogP contribution in [0.3, 0.4) is 0 Å². The second-order valence-corrected chi connectivity index (χ2v) is 10.6. The van der Waals surface area contributed by atoms with Crippen LogP contribution >= 0.6 is 0 Å². The molecule has 0 atom stereocenters. The van der Waals surface area contributed by atoms with Crippen molar-refractivity contribution in [2.45, 2.75) is 0 Å². The summed E-state index contributed by atoms with van der Waals surface area (Å²) in [5, 5.41) is 7.07. The topological polar surface area (TPSA) is 28.4 Å². The third kappa shape index (κ3) is 4.23. The largest absolute Gasteiger partial charge is 0.454 e. The Morgan fingerprint density at radius 2 is 1.21 bits per heavy atom. The summed E-state index contributed by atoms with van der Waals surface area (Å²) in [4.78, 5) is 2.30. The lowest BCUT2D eigenvalue weighted by molar-refractivity contribution is 0.604. The van der Waals surface area contributed by atoms with E-state index in [-0.39, 0.29) is 0 Å². The second-order valence-electron chi connectivity index (χ2n) is 10.6. The van der Waals surface area contributed by atoms with E-state index in [1.807, 2.05) is 0 Å². The summed E-state index contributed by atoms with van der Waals surface area (Å²) in [6, 6.07) is 49.7. The van der Waals surface area contributed by atoms with Crippen molar-refractivity contribution in [2.75, 3.05) is 16.8 Å². The molecule has 1 N–H and O–H groups in total. The Bertz CT molecular complexity index is 2070. The number of fused-ring (bicyclic) bond motifs is 4. The molecular formula is C39H28N2O. The lowest BCUT2D eigenvalue weighted by Gasteiger charge is -2.26. The molecule has 0 unspecified atom stereocenters. The minimum atomic E-state index is 0.812. The summed E-state index contributed by atoms with van der Waals surface area (Å²) < 4.78 is 6.27. The third-order valence-corrected chi connectivity index (χ3v) is 8.08. The molecule has 0 radical (unpaired) electrons. The molecule has 1 aliphatic rings. The fourth-order valence-electron chi connectivity index (χ4n) is 6.02. The van der Waals surface area contributed by atoms with Crippen LogP contribution in [0.2, 0.25) is 0 Å². The number of benzene rings is 6. The smallest absolute Gasteiger partial charge is 0.151 e. The predicted octanol–water partition coefficient (Wildman–Crippen LogP) is 10.8. The Morgan fingerprint density at radius 1 is 0.548 bits per heavy atom. The molecule has 0 spiro atoms. The van der Waals surface area contributed by atoms with E-state index in [2.05, 4.69) is 162 Å². The van der Waals surface area contributed by atoms with Crippen LogP contribution in [0.1, 0.15) is 5.76 Å². The average Bonchev–Trinajstić information content (AvgIpc) is 3.44. The van der Waals surface area contributed by atoms with Crippen LogP contribution in [-0.4, -0.2) is 6.54 Å². The van der Waals surface area contributed by atoms with Gasteiger partial charge in [-0.2, -0.15) is 0 Å². The van der Waals surface area contributed by atoms with Crippen molar-refractivity contribution in [1.82, 2.24) is 0 Å². The molecule has 0 bridgehead atoms. The van der Waals surface area contributed by atoms with Gasteiger partial charge in [0.1, 0.15) is 5.58 Å². The molecule has 6 aromatic carbocycles. The standard InChI is InChI=1S/C39H28N2O/c1-2-8-27(9-3-1)28-15-19-31(20-16-28)41(33-23-24-36-38(26-33)42-37-14-7-25-40-39(36)37)32-21-17-30(18-22-32)35-13-6-11-29-10-4-5-12-34(29)35/h1-24,26,40H,25H2. The first-order valence-corrected chi connectivity index (χ1v) is 14.3. The van der Waals surface area contributed by atoms with Crippen LogP contribution in [0, 0.1) is 0 Å². The molecule has 0 fully saturated rings. The maximum atomic E-state index is 6.27. The second kappa shape index (κ2) is 10.1. The van der Waals surface area contributed by atoms with Gasteiger partial charge in [-0.1, -0.05) is 103 Å². The first-order chi connectivity index (χ1) is 20.8. The zero-order valence-electron chi connectivity index (χ0n) is 23.0. The van der Waals surface area contributed by atoms with Gasteiger partial charge in [0.15, 0.2) is 5.76 Å². The molecule has 7 aromatic rings. The Balaban J connectivity index is 1.23. The van der Waals surface area contributed by atoms with Gasteiger partial charge in [-0.25, -0.2) is 0 Å². The quantitative estimate of drug-likeness (QED) is 0.235. The molecular weight excluding hydrogens is 512 g/mol. The summed E-state index contributed by atoms with van der Waals surface area (Å²) in [7, 11) is 0. The van der Waals surface area contributed by atoms with Gasteiger partial charge in [0.05, 0.1) is 5.69 Å². The fourth-order valence-corrected chi connectivity index (χ4v) is 6.02. The Hall–Kier alpha value is -5.54. The Morgan fingerprint density at radius 3 is 2.02 bits per heavy atom. The maximum Gasteiger partial charge on any atom is 0.151 e. The van der Waals surface area contributed by atoms with Gasteiger partial charge in [0.2, 0.25) is 0 Å². The zero-order valence-corrected chi connectivity index (χ0v) is 23.0. The van der Waals surface area contributed by atoms with Crippen molar-refractivity contribution in [3.8, 4) is 22.3 Å². The van der Waals surface area contributed by atoms with Gasteiger partial charge in [-0.05, 0) is 75.5 Å². The van der Waals surface area contributed by atoms with E-state index in [1.165, 1.54) is 33.0 Å². The average molecular weight is 541 g/mol. The predicted molar refractivity (Wildman–Crippen MR) is 177 cm³/mol. The van der Waals surface area contributed by atoms with E-state index in [0.717, 1.165) is 46.0 Å². The Kier molecular flexibility index (Phi) is 5.86. The monoisotopic (exact) mass is 540 g/mol. The van der Waals surface area contributed by atoms with E-state index in [9.17, 15) is 0 Å². The van der Waals surface area contributed by atoms with Crippen LogP contribution in [0.15, 0.2) is 150 Å². The van der Waals surface area contributed by atoms with Gasteiger partial charge in [0.25, 0.3) is 0 Å². The number of hydrogen-bond donors (Lipinski definition) is 1. The summed E-state index contributed by atoms with van der Waals surface area (Å²) in [6.07, 6.45) is 4.14. The lowest BCUT2D eigenvalue weighted by atomic mass is 9.98. The number of hydrogen-bond acceptors (Lipinski definition) is 3. The van der Waals surface area contributed by atoms with Crippen molar-refractivity contribution < 1.29 is 4.42 Å². The third-order valence-electron chi connectivity index (χ3n) is 8.08. The molecule has 200 valence electrons. The van der Waals surface area contributed by atoms with Crippen LogP contribution in [0.25, 0.3) is 50.1 Å². The normalized spacial score (nSPS) is 12.3. The van der Waals surface area contributed by atoms with Crippen molar-refractivity contribution in [2.24, 2.45) is 0 Å². The molecule has 42 heavy (non-hydrogen) atoms. The molecule has 0 saturated carbocycles. The van der Waals surface area contributed by atoms with E-state index in [1.54, 1.807) is 0 Å². The van der Waals surface area contributed by atoms with Gasteiger partial charge in [0, 0.05) is 35.1 Å². The molecule has 0 aliphatic carbocycles. The maximum absolute atomic E-state index is 6.27. The first-order valence-electron chi connectivity index (χ1n) is 14.3. The van der Waals surface area contributed by atoms with Crippen LogP contribution in [0.5, 0.6) is 0 Å². The SMILES string of the molecule is C1=Cc2oc3cc(N(c4ccc(-c5ccccc5)cc4)c4ccc(-c5cccc6ccccc56)cc4)ccc3c2NC1.